The number of nitrogens with zero attached hydrogens (tertiary/aromatic N) is 4. The standard InChI is InChI=1S/C17H23N5OS/c1-12-8-9-15(13(2)10-12)18-16(23)11-24-17-19-20-21-22(17)14-6-4-3-5-7-14/h8-10,14H,3-7,11H2,1-2H3,(H,18,23). The number of nitrogens with one attached hydrogen (secondary N) is 1. The number of aryl methyl sites for hydroxylation is 2. The molecule has 0 atom stereocenters. The second-order valence-corrected chi connectivity index (χ2v) is 7.30. The largest absolute Gasteiger partial charge is 0.325 e. The van der Waals surface area contributed by atoms with Crippen molar-refractivity contribution in [3.63, 3.8) is 0 Å². The van der Waals surface area contributed by atoms with E-state index in [2.05, 4.69) is 26.9 Å². The molecule has 3 rings (SSSR count). The highest BCUT2D eigenvalue weighted by atomic mass is 32.2. The first-order valence-electron chi connectivity index (χ1n) is 8.41. The van der Waals surface area contributed by atoms with Crippen molar-refractivity contribution in [3.8, 4) is 0 Å². The minimum absolute atomic E-state index is 0.0369. The maximum Gasteiger partial charge on any atom is 0.234 e. The number of tetrazole rings is 1. The monoisotopic (exact) mass is 345 g/mol. The van der Waals surface area contributed by atoms with Gasteiger partial charge in [0.15, 0.2) is 0 Å². The number of rotatable bonds is 5. The molecule has 1 saturated carbocycles. The topological polar surface area (TPSA) is 72.7 Å². The fourth-order valence-electron chi connectivity index (χ4n) is 3.11. The molecule has 6 nitrogen and oxygen atoms in total. The van der Waals surface area contributed by atoms with Crippen molar-refractivity contribution in [1.29, 1.82) is 0 Å². The lowest BCUT2D eigenvalue weighted by Gasteiger charge is -2.21. The van der Waals surface area contributed by atoms with E-state index in [1.165, 1.54) is 36.6 Å². The molecule has 0 saturated heterocycles. The van der Waals surface area contributed by atoms with Crippen molar-refractivity contribution in [2.24, 2.45) is 0 Å². The van der Waals surface area contributed by atoms with Gasteiger partial charge in [0.1, 0.15) is 0 Å². The van der Waals surface area contributed by atoms with Crippen LogP contribution < -0.4 is 5.32 Å². The van der Waals surface area contributed by atoms with Crippen molar-refractivity contribution in [1.82, 2.24) is 20.2 Å². The molecule has 1 aliphatic rings. The average molecular weight is 345 g/mol. The van der Waals surface area contributed by atoms with E-state index in [0.29, 0.717) is 11.8 Å². The van der Waals surface area contributed by atoms with Crippen LogP contribution in [0.3, 0.4) is 0 Å². The molecule has 1 fully saturated rings. The Morgan fingerprint density at radius 1 is 1.29 bits per heavy atom. The third-order valence-electron chi connectivity index (χ3n) is 4.37. The van der Waals surface area contributed by atoms with Gasteiger partial charge >= 0.3 is 0 Å². The molecule has 1 amide bonds. The Morgan fingerprint density at radius 3 is 2.83 bits per heavy atom. The van der Waals surface area contributed by atoms with E-state index in [4.69, 9.17) is 0 Å². The summed E-state index contributed by atoms with van der Waals surface area (Å²) in [7, 11) is 0. The van der Waals surface area contributed by atoms with E-state index in [-0.39, 0.29) is 5.91 Å². The van der Waals surface area contributed by atoms with Gasteiger partial charge in [-0.2, -0.15) is 0 Å². The number of benzene rings is 1. The summed E-state index contributed by atoms with van der Waals surface area (Å²) in [6, 6.07) is 6.38. The second-order valence-electron chi connectivity index (χ2n) is 6.35. The minimum atomic E-state index is -0.0369. The van der Waals surface area contributed by atoms with Gasteiger partial charge in [-0.05, 0) is 48.7 Å². The molecule has 1 N–H and O–H groups in total. The maximum atomic E-state index is 12.2. The predicted molar refractivity (Wildman–Crippen MR) is 95.2 cm³/mol. The Labute approximate surface area is 146 Å². The molecule has 2 aromatic rings. The van der Waals surface area contributed by atoms with Gasteiger partial charge in [-0.15, -0.1) is 5.10 Å². The van der Waals surface area contributed by atoms with Gasteiger partial charge in [-0.3, -0.25) is 4.79 Å². The van der Waals surface area contributed by atoms with Crippen LogP contribution in [0.1, 0.15) is 49.3 Å². The molecule has 1 heterocycles. The van der Waals surface area contributed by atoms with Crippen molar-refractivity contribution in [2.75, 3.05) is 11.1 Å². The first-order valence-corrected chi connectivity index (χ1v) is 9.40. The Bertz CT molecular complexity index is 709. The summed E-state index contributed by atoms with van der Waals surface area (Å²) in [4.78, 5) is 12.2. The fraction of sp³-hybridized carbons (Fsp3) is 0.529. The normalized spacial score (nSPS) is 15.4. The second kappa shape index (κ2) is 7.79. The van der Waals surface area contributed by atoms with E-state index in [1.807, 2.05) is 30.7 Å². The summed E-state index contributed by atoms with van der Waals surface area (Å²) in [6.45, 7) is 4.04. The Balaban J connectivity index is 1.57. The van der Waals surface area contributed by atoms with Gasteiger partial charge in [-0.25, -0.2) is 4.68 Å². The Morgan fingerprint density at radius 2 is 2.08 bits per heavy atom. The van der Waals surface area contributed by atoms with Crippen LogP contribution in [0.4, 0.5) is 5.69 Å². The molecule has 1 aliphatic carbocycles. The van der Waals surface area contributed by atoms with Gasteiger partial charge in [-0.1, -0.05) is 48.7 Å². The number of amides is 1. The van der Waals surface area contributed by atoms with E-state index >= 15 is 0 Å². The highest BCUT2D eigenvalue weighted by Gasteiger charge is 2.20. The fourth-order valence-corrected chi connectivity index (χ4v) is 3.85. The number of carbonyl (C=O) groups is 1. The van der Waals surface area contributed by atoms with Gasteiger partial charge in [0, 0.05) is 5.69 Å². The van der Waals surface area contributed by atoms with E-state index in [0.717, 1.165) is 29.2 Å². The molecular formula is C17H23N5OS. The molecular weight excluding hydrogens is 322 g/mol. The number of thioether (sulfide) groups is 1. The maximum absolute atomic E-state index is 12.2. The molecule has 1 aromatic heterocycles. The predicted octanol–water partition coefficient (Wildman–Crippen LogP) is 3.53. The van der Waals surface area contributed by atoms with Crippen molar-refractivity contribution < 1.29 is 4.79 Å². The molecule has 1 aromatic carbocycles. The zero-order chi connectivity index (χ0) is 16.9. The highest BCUT2D eigenvalue weighted by Crippen LogP contribution is 2.30. The lowest BCUT2D eigenvalue weighted by molar-refractivity contribution is -0.113. The zero-order valence-corrected chi connectivity index (χ0v) is 15.0. The van der Waals surface area contributed by atoms with Gasteiger partial charge in [0.2, 0.25) is 11.1 Å². The molecule has 0 spiro atoms. The van der Waals surface area contributed by atoms with Crippen LogP contribution in [0.2, 0.25) is 0 Å². The van der Waals surface area contributed by atoms with Gasteiger partial charge in [0.05, 0.1) is 11.8 Å². The Kier molecular flexibility index (Phi) is 5.50. The summed E-state index contributed by atoms with van der Waals surface area (Å²) < 4.78 is 1.90. The summed E-state index contributed by atoms with van der Waals surface area (Å²) in [5, 5.41) is 15.7. The molecule has 0 radical (unpaired) electrons. The smallest absolute Gasteiger partial charge is 0.234 e. The molecule has 7 heteroatoms. The SMILES string of the molecule is Cc1ccc(NC(=O)CSc2nnnn2C2CCCCC2)c(C)c1. The van der Waals surface area contributed by atoms with Crippen LogP contribution in [0.25, 0.3) is 0 Å². The summed E-state index contributed by atoms with van der Waals surface area (Å²) >= 11 is 1.40. The molecule has 24 heavy (non-hydrogen) atoms. The quantitative estimate of drug-likeness (QED) is 0.839. The first-order chi connectivity index (χ1) is 11.6. The summed E-state index contributed by atoms with van der Waals surface area (Å²) in [5.41, 5.74) is 3.12. The molecule has 0 aliphatic heterocycles. The van der Waals surface area contributed by atoms with Gasteiger partial charge in [0.25, 0.3) is 0 Å². The number of carbonyl (C=O) groups excluding carboxylic acids is 1. The van der Waals surface area contributed by atoms with E-state index in [9.17, 15) is 4.79 Å². The third kappa shape index (κ3) is 4.14. The number of aromatic nitrogens is 4. The minimum Gasteiger partial charge on any atom is -0.325 e. The number of hydrogen-bond donors (Lipinski definition) is 1. The van der Waals surface area contributed by atoms with Crippen LogP contribution in [-0.2, 0) is 4.79 Å². The van der Waals surface area contributed by atoms with Crippen molar-refractivity contribution in [2.45, 2.75) is 57.1 Å². The lowest BCUT2D eigenvalue weighted by atomic mass is 9.96. The number of hydrogen-bond acceptors (Lipinski definition) is 5. The van der Waals surface area contributed by atoms with Crippen molar-refractivity contribution >= 4 is 23.4 Å². The van der Waals surface area contributed by atoms with Crippen LogP contribution in [0.15, 0.2) is 23.4 Å². The first kappa shape index (κ1) is 17.0. The van der Waals surface area contributed by atoms with Crippen LogP contribution in [0.5, 0.6) is 0 Å². The molecule has 128 valence electrons. The summed E-state index contributed by atoms with van der Waals surface area (Å²) in [6.07, 6.45) is 5.98. The zero-order valence-electron chi connectivity index (χ0n) is 14.2. The van der Waals surface area contributed by atoms with Crippen LogP contribution in [0, 0.1) is 13.8 Å². The Hall–Kier alpha value is -1.89. The van der Waals surface area contributed by atoms with Gasteiger partial charge < -0.3 is 5.32 Å². The van der Waals surface area contributed by atoms with Crippen LogP contribution >= 0.6 is 11.8 Å². The molecule has 0 unspecified atom stereocenters. The third-order valence-corrected chi connectivity index (χ3v) is 5.30. The van der Waals surface area contributed by atoms with Crippen LogP contribution in [-0.4, -0.2) is 31.9 Å². The average Bonchev–Trinajstić information content (AvgIpc) is 3.05. The number of anilines is 1. The molecule has 0 bridgehead atoms. The highest BCUT2D eigenvalue weighted by molar-refractivity contribution is 7.99. The van der Waals surface area contributed by atoms with E-state index < -0.39 is 0 Å². The summed E-state index contributed by atoms with van der Waals surface area (Å²) in [5.74, 6) is 0.269. The van der Waals surface area contributed by atoms with Crippen molar-refractivity contribution in [3.05, 3.63) is 29.3 Å². The van der Waals surface area contributed by atoms with E-state index in [1.54, 1.807) is 0 Å². The lowest BCUT2D eigenvalue weighted by Crippen LogP contribution is -2.18.